The third-order valence-corrected chi connectivity index (χ3v) is 3.52. The minimum Gasteiger partial charge on any atom is -0.413 e. The van der Waals surface area contributed by atoms with Gasteiger partial charge in [0.25, 0.3) is 6.47 Å². The molecular weight excluding hydrogens is 312 g/mol. The maximum atomic E-state index is 10.5. The van der Waals surface area contributed by atoms with Crippen molar-refractivity contribution in [3.63, 3.8) is 0 Å². The van der Waals surface area contributed by atoms with Crippen molar-refractivity contribution in [2.75, 3.05) is 19.8 Å². The van der Waals surface area contributed by atoms with Crippen LogP contribution in [-0.2, 0) is 19.0 Å². The summed E-state index contributed by atoms with van der Waals surface area (Å²) in [6.07, 6.45) is -3.99. The molecule has 0 fully saturated rings. The molecule has 0 spiro atoms. The minimum atomic E-state index is -1.50. The van der Waals surface area contributed by atoms with Gasteiger partial charge in [-0.3, -0.25) is 4.79 Å². The van der Waals surface area contributed by atoms with Gasteiger partial charge in [-0.05, 0) is 12.8 Å². The molecule has 138 valence electrons. The lowest BCUT2D eigenvalue weighted by Crippen LogP contribution is -2.43. The van der Waals surface area contributed by atoms with Gasteiger partial charge >= 0.3 is 6.48 Å². The zero-order valence-electron chi connectivity index (χ0n) is 13.4. The molecule has 0 aromatic rings. The predicted molar refractivity (Wildman–Crippen MR) is 78.0 cm³/mol. The molecule has 9 heteroatoms. The standard InChI is InChI=1S/C14H28O9/c1-3-9(5-15)11(19)7-21-14(22-8-17)23-12(4-2)13(20)10(18)6-16/h8-16,18-20H,3-7H2,1-2H3. The van der Waals surface area contributed by atoms with Gasteiger partial charge in [0.1, 0.15) is 12.2 Å². The first-order chi connectivity index (χ1) is 10.9. The Bertz CT molecular complexity index is 298. The van der Waals surface area contributed by atoms with E-state index < -0.39 is 43.4 Å². The van der Waals surface area contributed by atoms with Gasteiger partial charge in [0.15, 0.2) is 0 Å². The number of carbonyl (C=O) groups excluding carboxylic acids is 1. The van der Waals surface area contributed by atoms with Gasteiger partial charge in [-0.15, -0.1) is 0 Å². The quantitative estimate of drug-likeness (QED) is 0.185. The second kappa shape index (κ2) is 12.6. The summed E-state index contributed by atoms with van der Waals surface area (Å²) in [6, 6.07) is 0. The molecule has 0 aliphatic heterocycles. The highest BCUT2D eigenvalue weighted by atomic mass is 16.9. The Morgan fingerprint density at radius 2 is 1.65 bits per heavy atom. The highest BCUT2D eigenvalue weighted by molar-refractivity contribution is 5.36. The molecule has 0 rings (SSSR count). The fourth-order valence-corrected chi connectivity index (χ4v) is 1.91. The van der Waals surface area contributed by atoms with Crippen molar-refractivity contribution < 1.29 is 44.5 Å². The fourth-order valence-electron chi connectivity index (χ4n) is 1.91. The van der Waals surface area contributed by atoms with Gasteiger partial charge in [-0.25, -0.2) is 0 Å². The molecule has 0 amide bonds. The summed E-state index contributed by atoms with van der Waals surface area (Å²) in [4.78, 5) is 10.5. The minimum absolute atomic E-state index is 0.0853. The molecule has 0 aliphatic carbocycles. The first kappa shape index (κ1) is 22.2. The lowest BCUT2D eigenvalue weighted by atomic mass is 10.0. The smallest absolute Gasteiger partial charge is 0.318 e. The Kier molecular flexibility index (Phi) is 12.1. The number of hydrogen-bond acceptors (Lipinski definition) is 9. The van der Waals surface area contributed by atoms with Crippen LogP contribution in [0.1, 0.15) is 26.7 Å². The Morgan fingerprint density at radius 3 is 2.09 bits per heavy atom. The van der Waals surface area contributed by atoms with E-state index in [2.05, 4.69) is 4.74 Å². The Morgan fingerprint density at radius 1 is 1.00 bits per heavy atom. The van der Waals surface area contributed by atoms with E-state index in [0.29, 0.717) is 6.42 Å². The first-order valence-electron chi connectivity index (χ1n) is 7.57. The van der Waals surface area contributed by atoms with Gasteiger partial charge in [-0.2, -0.15) is 0 Å². The number of ether oxygens (including phenoxy) is 3. The van der Waals surface area contributed by atoms with Gasteiger partial charge in [0, 0.05) is 12.5 Å². The van der Waals surface area contributed by atoms with E-state index >= 15 is 0 Å². The summed E-state index contributed by atoms with van der Waals surface area (Å²) >= 11 is 0. The normalized spacial score (nSPS) is 19.4. The maximum Gasteiger partial charge on any atom is 0.318 e. The molecule has 0 heterocycles. The van der Waals surface area contributed by atoms with E-state index in [4.69, 9.17) is 19.7 Å². The Hall–Kier alpha value is -0.810. The summed E-state index contributed by atoms with van der Waals surface area (Å²) in [6.45, 7) is 0.899. The van der Waals surface area contributed by atoms with Crippen molar-refractivity contribution in [2.45, 2.75) is 57.6 Å². The zero-order valence-corrected chi connectivity index (χ0v) is 13.4. The SMILES string of the molecule is CCC(CO)C(O)COC(OC=O)OC(CC)C(O)C(O)CO. The molecular formula is C14H28O9. The summed E-state index contributed by atoms with van der Waals surface area (Å²) in [7, 11) is 0. The van der Waals surface area contributed by atoms with Crippen LogP contribution >= 0.6 is 0 Å². The van der Waals surface area contributed by atoms with E-state index in [1.54, 1.807) is 13.8 Å². The van der Waals surface area contributed by atoms with E-state index in [9.17, 15) is 20.1 Å². The number of aliphatic hydroxyl groups is 5. The second-order valence-electron chi connectivity index (χ2n) is 5.10. The molecule has 23 heavy (non-hydrogen) atoms. The van der Waals surface area contributed by atoms with Gasteiger partial charge in [-0.1, -0.05) is 13.8 Å². The van der Waals surface area contributed by atoms with Crippen LogP contribution in [0.4, 0.5) is 0 Å². The number of rotatable bonds is 14. The van der Waals surface area contributed by atoms with Crippen LogP contribution in [-0.4, -0.2) is 82.7 Å². The number of aliphatic hydroxyl groups excluding tert-OH is 5. The molecule has 0 bridgehead atoms. The van der Waals surface area contributed by atoms with Crippen molar-refractivity contribution in [3.8, 4) is 0 Å². The van der Waals surface area contributed by atoms with Crippen molar-refractivity contribution in [1.29, 1.82) is 0 Å². The van der Waals surface area contributed by atoms with Gasteiger partial charge in [0.05, 0.1) is 25.4 Å². The van der Waals surface area contributed by atoms with Crippen LogP contribution in [0.15, 0.2) is 0 Å². The highest BCUT2D eigenvalue weighted by Crippen LogP contribution is 2.14. The van der Waals surface area contributed by atoms with Crippen LogP contribution in [0.5, 0.6) is 0 Å². The topological polar surface area (TPSA) is 146 Å². The molecule has 0 aliphatic rings. The van der Waals surface area contributed by atoms with E-state index in [0.717, 1.165) is 0 Å². The molecule has 0 aromatic carbocycles. The number of hydrogen-bond donors (Lipinski definition) is 5. The van der Waals surface area contributed by atoms with Gasteiger partial charge < -0.3 is 39.7 Å². The Labute approximate surface area is 135 Å². The van der Waals surface area contributed by atoms with E-state index in [1.807, 2.05) is 0 Å². The van der Waals surface area contributed by atoms with Crippen molar-refractivity contribution in [2.24, 2.45) is 5.92 Å². The molecule has 9 nitrogen and oxygen atoms in total. The summed E-state index contributed by atoms with van der Waals surface area (Å²) < 4.78 is 15.0. The van der Waals surface area contributed by atoms with Crippen LogP contribution in [0.2, 0.25) is 0 Å². The van der Waals surface area contributed by atoms with E-state index in [-0.39, 0.29) is 26.1 Å². The molecule has 5 N–H and O–H groups in total. The van der Waals surface area contributed by atoms with Crippen LogP contribution < -0.4 is 0 Å². The van der Waals surface area contributed by atoms with Crippen LogP contribution in [0, 0.1) is 5.92 Å². The van der Waals surface area contributed by atoms with Crippen molar-refractivity contribution >= 4 is 6.47 Å². The fraction of sp³-hybridized carbons (Fsp3) is 0.929. The largest absolute Gasteiger partial charge is 0.413 e. The molecule has 6 unspecified atom stereocenters. The van der Waals surface area contributed by atoms with Crippen molar-refractivity contribution in [3.05, 3.63) is 0 Å². The van der Waals surface area contributed by atoms with Crippen LogP contribution in [0.25, 0.3) is 0 Å². The predicted octanol–water partition coefficient (Wildman–Crippen LogP) is -1.65. The third-order valence-electron chi connectivity index (χ3n) is 3.52. The summed E-state index contributed by atoms with van der Waals surface area (Å²) in [5, 5.41) is 47.0. The zero-order chi connectivity index (χ0) is 17.8. The van der Waals surface area contributed by atoms with Gasteiger partial charge in [0.2, 0.25) is 0 Å². The highest BCUT2D eigenvalue weighted by Gasteiger charge is 2.29. The Balaban J connectivity index is 4.61. The molecule has 6 atom stereocenters. The lowest BCUT2D eigenvalue weighted by Gasteiger charge is -2.29. The van der Waals surface area contributed by atoms with Crippen LogP contribution in [0.3, 0.4) is 0 Å². The molecule has 0 saturated carbocycles. The molecule has 0 saturated heterocycles. The summed E-state index contributed by atoms with van der Waals surface area (Å²) in [5.74, 6) is -0.393. The average Bonchev–Trinajstić information content (AvgIpc) is 2.56. The third kappa shape index (κ3) is 8.02. The van der Waals surface area contributed by atoms with Crippen molar-refractivity contribution in [1.82, 2.24) is 0 Å². The van der Waals surface area contributed by atoms with E-state index in [1.165, 1.54) is 0 Å². The summed E-state index contributed by atoms with van der Waals surface area (Å²) in [5.41, 5.74) is 0. The molecule has 0 radical (unpaired) electrons. The first-order valence-corrected chi connectivity index (χ1v) is 7.57. The second-order valence-corrected chi connectivity index (χ2v) is 5.10. The molecule has 0 aromatic heterocycles. The number of carbonyl (C=O) groups is 1. The average molecular weight is 340 g/mol. The monoisotopic (exact) mass is 340 g/mol. The maximum absolute atomic E-state index is 10.5. The lowest BCUT2D eigenvalue weighted by molar-refractivity contribution is -0.305.